The highest BCUT2D eigenvalue weighted by atomic mass is 16.5. The highest BCUT2D eigenvalue weighted by Gasteiger charge is 2.74. The van der Waals surface area contributed by atoms with Crippen molar-refractivity contribution in [2.45, 2.75) is 67.7 Å². The number of hydrogen-bond acceptors (Lipinski definition) is 6. The minimum Gasteiger partial charge on any atom is -0.504 e. The average Bonchev–Trinajstić information content (AvgIpc) is 3.54. The topological polar surface area (TPSA) is 90.3 Å². The van der Waals surface area contributed by atoms with Crippen LogP contribution >= 0.6 is 0 Å². The van der Waals surface area contributed by atoms with Crippen molar-refractivity contribution in [1.82, 2.24) is 9.80 Å². The number of hydrogen-bond donors (Lipinski definition) is 2. The fourth-order valence-electron chi connectivity index (χ4n) is 8.23. The van der Waals surface area contributed by atoms with Crippen LogP contribution in [0.4, 0.5) is 0 Å². The van der Waals surface area contributed by atoms with Crippen molar-refractivity contribution in [3.63, 3.8) is 0 Å². The number of amides is 2. The Bertz CT molecular complexity index is 1290. The molecule has 1 spiro atoms. The van der Waals surface area contributed by atoms with Gasteiger partial charge in [0.15, 0.2) is 11.5 Å². The first kappa shape index (κ1) is 20.3. The van der Waals surface area contributed by atoms with Crippen molar-refractivity contribution in [2.75, 3.05) is 13.1 Å². The lowest BCUT2D eigenvalue weighted by Gasteiger charge is -2.64. The maximum Gasteiger partial charge on any atom is 0.261 e. The smallest absolute Gasteiger partial charge is 0.261 e. The SMILES string of the molecule is O=C1c2ccccc2C(=O)N1[C@H]1CC[C@@]2(O)[C@H]3Cc4ccc(O)c5c4[C@@]2(CCN3CC2CC2)[C@H]1O5. The fourth-order valence-corrected chi connectivity index (χ4v) is 8.23. The third kappa shape index (κ3) is 2.30. The summed E-state index contributed by atoms with van der Waals surface area (Å²) in [5, 5.41) is 23.4. The zero-order valence-electron chi connectivity index (χ0n) is 19.4. The predicted octanol–water partition coefficient (Wildman–Crippen LogP) is 2.62. The number of benzene rings is 2. The van der Waals surface area contributed by atoms with Gasteiger partial charge in [0.05, 0.1) is 28.2 Å². The van der Waals surface area contributed by atoms with E-state index < -0.39 is 23.2 Å². The number of phenols is 1. The number of aromatic hydroxyl groups is 1. The van der Waals surface area contributed by atoms with Gasteiger partial charge in [0, 0.05) is 18.2 Å². The summed E-state index contributed by atoms with van der Waals surface area (Å²) < 4.78 is 6.55. The van der Waals surface area contributed by atoms with Crippen molar-refractivity contribution >= 4 is 11.8 Å². The summed E-state index contributed by atoms with van der Waals surface area (Å²) in [7, 11) is 0. The molecule has 3 aliphatic carbocycles. The molecule has 2 aromatic carbocycles. The van der Waals surface area contributed by atoms with Crippen LogP contribution in [0, 0.1) is 5.92 Å². The lowest BCUT2D eigenvalue weighted by Crippen LogP contribution is -2.78. The Labute approximate surface area is 203 Å². The number of rotatable bonds is 3. The first-order valence-electron chi connectivity index (χ1n) is 12.9. The van der Waals surface area contributed by atoms with E-state index >= 15 is 0 Å². The summed E-state index contributed by atoms with van der Waals surface area (Å²) in [6, 6.07) is 10.1. The van der Waals surface area contributed by atoms with Gasteiger partial charge in [-0.3, -0.25) is 19.4 Å². The molecule has 3 heterocycles. The Kier molecular flexibility index (Phi) is 3.74. The monoisotopic (exact) mass is 472 g/mol. The molecule has 0 radical (unpaired) electrons. The maximum absolute atomic E-state index is 13.5. The van der Waals surface area contributed by atoms with Gasteiger partial charge in [0.2, 0.25) is 0 Å². The first-order chi connectivity index (χ1) is 16.9. The van der Waals surface area contributed by atoms with E-state index in [-0.39, 0.29) is 23.6 Å². The van der Waals surface area contributed by atoms with Crippen LogP contribution in [0.3, 0.4) is 0 Å². The first-order valence-corrected chi connectivity index (χ1v) is 12.9. The second kappa shape index (κ2) is 6.45. The molecule has 5 atom stereocenters. The second-order valence-electron chi connectivity index (χ2n) is 11.4. The van der Waals surface area contributed by atoms with Crippen molar-refractivity contribution in [3.8, 4) is 11.5 Å². The number of fused-ring (bicyclic) bond motifs is 1. The number of nitrogens with zero attached hydrogens (tertiary/aromatic N) is 2. The van der Waals surface area contributed by atoms with E-state index in [9.17, 15) is 19.8 Å². The molecule has 0 aromatic heterocycles. The van der Waals surface area contributed by atoms with Crippen LogP contribution < -0.4 is 4.74 Å². The largest absolute Gasteiger partial charge is 0.504 e. The van der Waals surface area contributed by atoms with Gasteiger partial charge >= 0.3 is 0 Å². The maximum atomic E-state index is 13.5. The number of imide groups is 1. The van der Waals surface area contributed by atoms with Gasteiger partial charge in [0.1, 0.15) is 6.10 Å². The molecule has 7 heteroatoms. The molecule has 180 valence electrons. The predicted molar refractivity (Wildman–Crippen MR) is 126 cm³/mol. The number of phenolic OH excluding ortho intramolecular Hbond substituents is 1. The third-order valence-electron chi connectivity index (χ3n) is 9.89. The molecule has 2 aromatic rings. The van der Waals surface area contributed by atoms with E-state index in [1.807, 2.05) is 6.07 Å². The second-order valence-corrected chi connectivity index (χ2v) is 11.4. The van der Waals surface area contributed by atoms with Gasteiger partial charge in [-0.05, 0) is 74.8 Å². The van der Waals surface area contributed by atoms with Crippen LogP contribution in [0.25, 0.3) is 0 Å². The van der Waals surface area contributed by atoms with Crippen molar-refractivity contribution in [2.24, 2.45) is 5.92 Å². The quantitative estimate of drug-likeness (QED) is 0.668. The normalized spacial score (nSPS) is 36.7. The van der Waals surface area contributed by atoms with Crippen LogP contribution in [0.15, 0.2) is 36.4 Å². The zero-order valence-corrected chi connectivity index (χ0v) is 19.4. The van der Waals surface area contributed by atoms with Crippen LogP contribution in [0.1, 0.15) is 63.9 Å². The van der Waals surface area contributed by atoms with Crippen LogP contribution in [-0.2, 0) is 11.8 Å². The van der Waals surface area contributed by atoms with E-state index in [4.69, 9.17) is 4.74 Å². The summed E-state index contributed by atoms with van der Waals surface area (Å²) in [5.74, 6) is 0.632. The van der Waals surface area contributed by atoms with E-state index in [0.29, 0.717) is 36.1 Å². The van der Waals surface area contributed by atoms with Gasteiger partial charge in [-0.2, -0.15) is 0 Å². The van der Waals surface area contributed by atoms with Gasteiger partial charge in [-0.25, -0.2) is 0 Å². The number of carbonyl (C=O) groups is 2. The average molecular weight is 473 g/mol. The number of aliphatic hydroxyl groups is 1. The number of carbonyl (C=O) groups excluding carboxylic acids is 2. The van der Waals surface area contributed by atoms with E-state index in [1.54, 1.807) is 30.3 Å². The summed E-state index contributed by atoms with van der Waals surface area (Å²) in [5.41, 5.74) is 1.09. The molecule has 2 saturated carbocycles. The van der Waals surface area contributed by atoms with Crippen molar-refractivity contribution in [3.05, 3.63) is 58.7 Å². The Morgan fingerprint density at radius 3 is 2.46 bits per heavy atom. The zero-order chi connectivity index (χ0) is 23.7. The molecule has 1 saturated heterocycles. The molecule has 2 N–H and O–H groups in total. The minimum atomic E-state index is -1.04. The lowest BCUT2D eigenvalue weighted by atomic mass is 9.48. The Morgan fingerprint density at radius 2 is 1.74 bits per heavy atom. The standard InChI is InChI=1S/C28H28N2O5/c31-20-8-7-16-13-21-28(34)10-9-19(30-25(32)17-3-1-2-4-18(17)26(30)33)24-27(28,22(16)23(20)35-24)11-12-29(21)14-15-5-6-15/h1-4,7-8,15,19,21,24,31,34H,5-6,9-14H2/t19-,21+,24-,27-,28+/m0/s1. The molecule has 3 fully saturated rings. The minimum absolute atomic E-state index is 0.0333. The molecule has 2 bridgehead atoms. The Balaban J connectivity index is 1.28. The fraction of sp³-hybridized carbons (Fsp3) is 0.500. The van der Waals surface area contributed by atoms with Crippen LogP contribution in [0.5, 0.6) is 11.5 Å². The van der Waals surface area contributed by atoms with E-state index in [1.165, 1.54) is 17.7 Å². The van der Waals surface area contributed by atoms with Gasteiger partial charge in [-0.1, -0.05) is 18.2 Å². The Morgan fingerprint density at radius 1 is 1.00 bits per heavy atom. The Hall–Kier alpha value is -2.90. The van der Waals surface area contributed by atoms with Crippen LogP contribution in [-0.4, -0.2) is 68.7 Å². The molecule has 3 aliphatic heterocycles. The molecule has 0 unspecified atom stereocenters. The summed E-state index contributed by atoms with van der Waals surface area (Å²) in [6.07, 6.45) is 4.31. The van der Waals surface area contributed by atoms with Gasteiger partial charge in [-0.15, -0.1) is 0 Å². The van der Waals surface area contributed by atoms with Gasteiger partial charge < -0.3 is 14.9 Å². The number of ether oxygens (including phenoxy) is 1. The molecule has 7 nitrogen and oxygen atoms in total. The van der Waals surface area contributed by atoms with Crippen LogP contribution in [0.2, 0.25) is 0 Å². The number of likely N-dealkylation sites (tertiary alicyclic amines) is 1. The van der Waals surface area contributed by atoms with Crippen molar-refractivity contribution < 1.29 is 24.5 Å². The van der Waals surface area contributed by atoms with E-state index in [2.05, 4.69) is 4.90 Å². The summed E-state index contributed by atoms with van der Waals surface area (Å²) in [4.78, 5) is 30.8. The number of piperidine rings is 1. The molecule has 6 aliphatic rings. The highest BCUT2D eigenvalue weighted by molar-refractivity contribution is 6.21. The molecular formula is C28H28N2O5. The molecule has 8 rings (SSSR count). The third-order valence-corrected chi connectivity index (χ3v) is 9.89. The molecule has 35 heavy (non-hydrogen) atoms. The van der Waals surface area contributed by atoms with Gasteiger partial charge in [0.25, 0.3) is 11.8 Å². The molecule has 2 amide bonds. The summed E-state index contributed by atoms with van der Waals surface area (Å²) in [6.45, 7) is 1.85. The summed E-state index contributed by atoms with van der Waals surface area (Å²) >= 11 is 0. The van der Waals surface area contributed by atoms with E-state index in [0.717, 1.165) is 36.6 Å². The highest BCUT2D eigenvalue weighted by Crippen LogP contribution is 2.66. The van der Waals surface area contributed by atoms with Crippen molar-refractivity contribution in [1.29, 1.82) is 0 Å². The molecular weight excluding hydrogens is 444 g/mol. The lowest BCUT2D eigenvalue weighted by molar-refractivity contribution is -0.196.